The molecule has 6 aliphatic carbocycles. The Balaban J connectivity index is 1.22. The van der Waals surface area contributed by atoms with Gasteiger partial charge < -0.3 is 14.9 Å². The van der Waals surface area contributed by atoms with Gasteiger partial charge in [-0.2, -0.15) is 0 Å². The van der Waals surface area contributed by atoms with E-state index in [4.69, 9.17) is 11.6 Å². The fourth-order valence-electron chi connectivity index (χ4n) is 13.8. The quantitative estimate of drug-likeness (QED) is 0.276. The number of aliphatic hydroxyl groups excluding tert-OH is 1. The lowest BCUT2D eigenvalue weighted by Crippen LogP contribution is -2.65. The van der Waals surface area contributed by atoms with Gasteiger partial charge in [-0.25, -0.2) is 0 Å². The van der Waals surface area contributed by atoms with E-state index in [2.05, 4.69) is 84.5 Å². The monoisotopic (exact) mass is 718 g/mol. The lowest BCUT2D eigenvalue weighted by Gasteiger charge is -2.72. The molecule has 0 radical (unpaired) electrons. The minimum Gasteiger partial charge on any atom is -0.393 e. The van der Waals surface area contributed by atoms with Gasteiger partial charge in [0.15, 0.2) is 5.78 Å². The first-order valence-corrected chi connectivity index (χ1v) is 20.9. The number of allylic oxidation sites excluding steroid dienone is 2. The van der Waals surface area contributed by atoms with Crippen molar-refractivity contribution in [1.82, 2.24) is 9.80 Å². The normalized spacial score (nSPS) is 39.4. The number of aliphatic hydroxyl groups is 1. The molecule has 0 saturated heterocycles. The molecule has 1 aromatic rings. The molecule has 282 valence electrons. The first-order chi connectivity index (χ1) is 23.8. The highest BCUT2D eigenvalue weighted by Crippen LogP contribution is 2.77. The van der Waals surface area contributed by atoms with Gasteiger partial charge in [0.05, 0.1) is 6.10 Å². The third-order valence-corrected chi connectivity index (χ3v) is 17.3. The third-order valence-electron chi connectivity index (χ3n) is 17.0. The number of fused-ring (bicyclic) bond motifs is 7. The molecule has 5 saturated carbocycles. The molecule has 6 aliphatic rings. The van der Waals surface area contributed by atoms with E-state index in [1.165, 1.54) is 30.4 Å². The molecule has 1 N–H and O–H groups in total. The van der Waals surface area contributed by atoms with Crippen molar-refractivity contribution in [3.05, 3.63) is 46.0 Å². The number of rotatable bonds is 9. The highest BCUT2D eigenvalue weighted by Gasteiger charge is 2.70. The SMILES string of the molecule is CC(C)C1=C2[C@H]3CC[C@@H]4[C@@]5(C)CC[C@H](O)C(C)(C)[C@@H]5CC[C@@]4(C)[C@]3(C)CC[C@@]2(CC(=O)N(CCN(C)C)CC2(c3ccc(Cl)cc3)CC2)CC1=O. The van der Waals surface area contributed by atoms with Crippen molar-refractivity contribution in [2.45, 2.75) is 137 Å². The standard InChI is InChI=1S/C45H67ClN2O3/c1-29(2)38-33(49)26-45(27-37(51)48(25-24-47(8)9)28-44(22-23-44)30-10-12-31(46)13-11-30)21-20-42(6)32(39(38)45)14-15-35-41(5)18-17-36(50)40(3,4)34(41)16-19-43(35,42)7/h10-13,29,32,34-36,50H,14-28H2,1-9H3/t32-,34+,35-,36+,41+,42-,43-,45+/m1/s1. The first-order valence-electron chi connectivity index (χ1n) is 20.5. The fraction of sp³-hybridized carbons (Fsp3) is 0.778. The van der Waals surface area contributed by atoms with Crippen molar-refractivity contribution < 1.29 is 14.7 Å². The van der Waals surface area contributed by atoms with Gasteiger partial charge in [0, 0.05) is 48.3 Å². The van der Waals surface area contributed by atoms with Gasteiger partial charge in [0.25, 0.3) is 0 Å². The smallest absolute Gasteiger partial charge is 0.223 e. The number of halogens is 1. The number of nitrogens with zero attached hydrogens (tertiary/aromatic N) is 2. The van der Waals surface area contributed by atoms with Gasteiger partial charge in [0.1, 0.15) is 0 Å². The van der Waals surface area contributed by atoms with Crippen molar-refractivity contribution in [2.24, 2.45) is 50.7 Å². The number of amides is 1. The minimum absolute atomic E-state index is 0.00568. The second-order valence-corrected chi connectivity index (χ2v) is 20.9. The molecule has 0 heterocycles. The number of carbonyl (C=O) groups is 2. The highest BCUT2D eigenvalue weighted by molar-refractivity contribution is 6.30. The van der Waals surface area contributed by atoms with Crippen molar-refractivity contribution in [3.63, 3.8) is 0 Å². The van der Waals surface area contributed by atoms with Gasteiger partial charge in [-0.15, -0.1) is 0 Å². The van der Waals surface area contributed by atoms with E-state index >= 15 is 0 Å². The van der Waals surface area contributed by atoms with Crippen LogP contribution in [-0.2, 0) is 15.0 Å². The van der Waals surface area contributed by atoms with Crippen LogP contribution in [0.4, 0.5) is 0 Å². The van der Waals surface area contributed by atoms with Crippen LogP contribution in [-0.4, -0.2) is 66.4 Å². The zero-order chi connectivity index (χ0) is 36.9. The zero-order valence-electron chi connectivity index (χ0n) is 33.3. The Labute approximate surface area is 314 Å². The van der Waals surface area contributed by atoms with Crippen LogP contribution in [0.15, 0.2) is 35.4 Å². The summed E-state index contributed by atoms with van der Waals surface area (Å²) < 4.78 is 0. The first kappa shape index (κ1) is 37.6. The highest BCUT2D eigenvalue weighted by atomic mass is 35.5. The lowest BCUT2D eigenvalue weighted by molar-refractivity contribution is -0.228. The molecule has 1 amide bonds. The second kappa shape index (κ2) is 12.7. The molecule has 0 aliphatic heterocycles. The average molecular weight is 719 g/mol. The molecule has 5 nitrogen and oxygen atoms in total. The third kappa shape index (κ3) is 5.74. The summed E-state index contributed by atoms with van der Waals surface area (Å²) in [6, 6.07) is 8.26. The number of Topliss-reactive ketones (excluding diaryl/α,β-unsaturated/α-hetero) is 1. The number of benzene rings is 1. The summed E-state index contributed by atoms with van der Waals surface area (Å²) in [5.41, 5.74) is 3.77. The van der Waals surface area contributed by atoms with E-state index in [0.717, 1.165) is 68.6 Å². The molecule has 0 spiro atoms. The van der Waals surface area contributed by atoms with Gasteiger partial charge in [-0.1, -0.05) is 77.8 Å². The molecule has 7 rings (SSSR count). The van der Waals surface area contributed by atoms with E-state index in [1.54, 1.807) is 0 Å². The molecule has 6 heteroatoms. The Bertz CT molecular complexity index is 1580. The average Bonchev–Trinajstić information content (AvgIpc) is 3.77. The van der Waals surface area contributed by atoms with E-state index in [1.807, 2.05) is 12.1 Å². The van der Waals surface area contributed by atoms with Crippen LogP contribution in [0.1, 0.15) is 131 Å². The molecule has 0 unspecified atom stereocenters. The molecule has 1 aromatic carbocycles. The summed E-state index contributed by atoms with van der Waals surface area (Å²) in [7, 11) is 4.17. The molecule has 0 aromatic heterocycles. The predicted octanol–water partition coefficient (Wildman–Crippen LogP) is 9.49. The van der Waals surface area contributed by atoms with Crippen LogP contribution in [0.25, 0.3) is 0 Å². The summed E-state index contributed by atoms with van der Waals surface area (Å²) >= 11 is 6.28. The molecular weight excluding hydrogens is 652 g/mol. The second-order valence-electron chi connectivity index (χ2n) is 20.4. The van der Waals surface area contributed by atoms with Crippen LogP contribution in [0, 0.1) is 50.7 Å². The molecule has 5 fully saturated rings. The topological polar surface area (TPSA) is 60.9 Å². The number of hydrogen-bond acceptors (Lipinski definition) is 4. The summed E-state index contributed by atoms with van der Waals surface area (Å²) in [4.78, 5) is 33.5. The van der Waals surface area contributed by atoms with Crippen molar-refractivity contribution in [3.8, 4) is 0 Å². The van der Waals surface area contributed by atoms with E-state index in [-0.39, 0.29) is 50.4 Å². The van der Waals surface area contributed by atoms with Gasteiger partial charge in [0.2, 0.25) is 5.91 Å². The number of carbonyl (C=O) groups excluding carboxylic acids is 2. The van der Waals surface area contributed by atoms with Crippen LogP contribution in [0.2, 0.25) is 5.02 Å². The molecular formula is C45H67ClN2O3. The predicted molar refractivity (Wildman–Crippen MR) is 208 cm³/mol. The van der Waals surface area contributed by atoms with Crippen LogP contribution < -0.4 is 0 Å². The summed E-state index contributed by atoms with van der Waals surface area (Å²) in [5.74, 6) is 2.17. The Morgan fingerprint density at radius 3 is 2.14 bits per heavy atom. The van der Waals surface area contributed by atoms with Crippen molar-refractivity contribution in [2.75, 3.05) is 33.7 Å². The van der Waals surface area contributed by atoms with Gasteiger partial charge in [-0.05, 0) is 147 Å². The van der Waals surface area contributed by atoms with E-state index in [9.17, 15) is 14.7 Å². The largest absolute Gasteiger partial charge is 0.393 e. The maximum Gasteiger partial charge on any atom is 0.223 e. The van der Waals surface area contributed by atoms with Crippen molar-refractivity contribution >= 4 is 23.3 Å². The summed E-state index contributed by atoms with van der Waals surface area (Å²) in [6.45, 7) is 19.1. The summed E-state index contributed by atoms with van der Waals surface area (Å²) in [5, 5.41) is 11.9. The number of likely N-dealkylation sites (N-methyl/N-ethyl adjacent to an activating group) is 1. The van der Waals surface area contributed by atoms with E-state index < -0.39 is 0 Å². The lowest BCUT2D eigenvalue weighted by atomic mass is 9.33. The van der Waals surface area contributed by atoms with Crippen LogP contribution >= 0.6 is 11.6 Å². The number of ketones is 1. The molecule has 0 bridgehead atoms. The maximum absolute atomic E-state index is 14.9. The van der Waals surface area contributed by atoms with Gasteiger partial charge >= 0.3 is 0 Å². The Morgan fingerprint density at radius 1 is 0.843 bits per heavy atom. The Morgan fingerprint density at radius 2 is 1.51 bits per heavy atom. The Hall–Kier alpha value is -1.69. The molecule has 8 atom stereocenters. The maximum atomic E-state index is 14.9. The number of hydrogen-bond donors (Lipinski definition) is 1. The fourth-order valence-corrected chi connectivity index (χ4v) is 13.9. The zero-order valence-corrected chi connectivity index (χ0v) is 34.1. The molecule has 51 heavy (non-hydrogen) atoms. The van der Waals surface area contributed by atoms with Crippen molar-refractivity contribution in [1.29, 1.82) is 0 Å². The minimum atomic E-state index is -0.369. The Kier molecular flexibility index (Phi) is 9.36. The van der Waals surface area contributed by atoms with E-state index in [0.29, 0.717) is 42.9 Å². The van der Waals surface area contributed by atoms with Crippen LogP contribution in [0.5, 0.6) is 0 Å². The van der Waals surface area contributed by atoms with Gasteiger partial charge in [-0.3, -0.25) is 9.59 Å². The van der Waals surface area contributed by atoms with Crippen LogP contribution in [0.3, 0.4) is 0 Å². The summed E-state index contributed by atoms with van der Waals surface area (Å²) in [6.07, 6.45) is 11.6.